The molecule has 0 aromatic carbocycles. The molecule has 0 bridgehead atoms. The number of hydrogen-bond donors (Lipinski definition) is 0. The van der Waals surface area contributed by atoms with Gasteiger partial charge in [0, 0.05) is 18.9 Å². The van der Waals surface area contributed by atoms with E-state index in [2.05, 4.69) is 9.97 Å². The highest BCUT2D eigenvalue weighted by Gasteiger charge is 2.32. The smallest absolute Gasteiger partial charge is 0.316 e. The van der Waals surface area contributed by atoms with Crippen molar-refractivity contribution in [1.29, 1.82) is 0 Å². The number of hydrogen-bond acceptors (Lipinski definition) is 5. The third-order valence-corrected chi connectivity index (χ3v) is 4.99. The summed E-state index contributed by atoms with van der Waals surface area (Å²) in [6.07, 6.45) is 5.32. The van der Waals surface area contributed by atoms with Gasteiger partial charge in [-0.2, -0.15) is 4.31 Å². The van der Waals surface area contributed by atoms with Crippen molar-refractivity contribution in [3.63, 3.8) is 0 Å². The first kappa shape index (κ1) is 14.2. The molecule has 1 aliphatic heterocycles. The first-order valence-corrected chi connectivity index (χ1v) is 8.14. The van der Waals surface area contributed by atoms with Gasteiger partial charge in [-0.3, -0.25) is 0 Å². The fourth-order valence-electron chi connectivity index (χ4n) is 2.00. The lowest BCUT2D eigenvalue weighted by Gasteiger charge is -2.16. The number of ether oxygens (including phenoxy) is 1. The summed E-state index contributed by atoms with van der Waals surface area (Å²) >= 11 is 0. The number of nitrogens with zero attached hydrogens (tertiary/aromatic N) is 3. The van der Waals surface area contributed by atoms with E-state index in [9.17, 15) is 8.42 Å². The van der Waals surface area contributed by atoms with Crippen LogP contribution in [0.2, 0.25) is 0 Å². The summed E-state index contributed by atoms with van der Waals surface area (Å²) in [5, 5.41) is 0. The second kappa shape index (κ2) is 6.29. The van der Waals surface area contributed by atoms with Crippen molar-refractivity contribution >= 4 is 10.0 Å². The van der Waals surface area contributed by atoms with Crippen LogP contribution in [-0.4, -0.2) is 47.6 Å². The summed E-state index contributed by atoms with van der Waals surface area (Å²) in [5.41, 5.74) is 0. The van der Waals surface area contributed by atoms with Gasteiger partial charge in [0.25, 0.3) is 0 Å². The number of rotatable bonds is 6. The Morgan fingerprint density at radius 2 is 2.16 bits per heavy atom. The van der Waals surface area contributed by atoms with Gasteiger partial charge in [-0.25, -0.2) is 18.4 Å². The molecule has 0 saturated carbocycles. The molecule has 7 heteroatoms. The summed E-state index contributed by atoms with van der Waals surface area (Å²) in [6.45, 7) is 2.89. The Kier molecular flexibility index (Phi) is 4.71. The minimum absolute atomic E-state index is 0.154. The third-order valence-electron chi connectivity index (χ3n) is 3.07. The predicted molar refractivity (Wildman–Crippen MR) is 71.3 cm³/mol. The summed E-state index contributed by atoms with van der Waals surface area (Å²) in [6, 6.07) is 2.02. The van der Waals surface area contributed by atoms with Gasteiger partial charge >= 0.3 is 6.01 Å². The van der Waals surface area contributed by atoms with Gasteiger partial charge in [-0.1, -0.05) is 13.3 Å². The molecule has 1 saturated heterocycles. The standard InChI is InChI=1S/C12H19N3O3S/c1-2-3-9-19(16,17)15-8-5-11(10-15)18-12-13-6-4-7-14-12/h4,6-7,11H,2-3,5,8-10H2,1H3/t11-/m0/s1. The van der Waals surface area contributed by atoms with E-state index in [4.69, 9.17) is 4.74 Å². The molecule has 0 aliphatic carbocycles. The molecule has 2 rings (SSSR count). The van der Waals surface area contributed by atoms with Gasteiger partial charge in [-0.15, -0.1) is 0 Å². The zero-order valence-electron chi connectivity index (χ0n) is 11.0. The van der Waals surface area contributed by atoms with E-state index in [-0.39, 0.29) is 11.9 Å². The van der Waals surface area contributed by atoms with Crippen LogP contribution in [-0.2, 0) is 10.0 Å². The Balaban J connectivity index is 1.89. The van der Waals surface area contributed by atoms with E-state index in [0.29, 0.717) is 31.9 Å². The predicted octanol–water partition coefficient (Wildman–Crippen LogP) is 1.06. The van der Waals surface area contributed by atoms with Crippen LogP contribution in [0.3, 0.4) is 0 Å². The van der Waals surface area contributed by atoms with Crippen LogP contribution in [0.4, 0.5) is 0 Å². The van der Waals surface area contributed by atoms with Gasteiger partial charge in [0.2, 0.25) is 10.0 Å². The zero-order valence-corrected chi connectivity index (χ0v) is 11.8. The van der Waals surface area contributed by atoms with E-state index in [1.165, 1.54) is 4.31 Å². The topological polar surface area (TPSA) is 72.4 Å². The Bertz CT molecular complexity index is 492. The molecule has 0 spiro atoms. The molecule has 0 unspecified atom stereocenters. The summed E-state index contributed by atoms with van der Waals surface area (Å²) in [5.74, 6) is 0.220. The van der Waals surface area contributed by atoms with Crippen molar-refractivity contribution in [2.24, 2.45) is 0 Å². The molecule has 2 heterocycles. The maximum atomic E-state index is 12.0. The molecule has 19 heavy (non-hydrogen) atoms. The third kappa shape index (κ3) is 3.87. The van der Waals surface area contributed by atoms with E-state index in [1.54, 1.807) is 18.5 Å². The van der Waals surface area contributed by atoms with Crippen LogP contribution < -0.4 is 4.74 Å². The van der Waals surface area contributed by atoms with Gasteiger partial charge in [0.1, 0.15) is 6.10 Å². The quantitative estimate of drug-likeness (QED) is 0.781. The van der Waals surface area contributed by atoms with Gasteiger partial charge < -0.3 is 4.74 Å². The monoisotopic (exact) mass is 285 g/mol. The lowest BCUT2D eigenvalue weighted by molar-refractivity contribution is 0.197. The number of sulfonamides is 1. The van der Waals surface area contributed by atoms with Gasteiger partial charge in [0.05, 0.1) is 12.3 Å². The lowest BCUT2D eigenvalue weighted by atomic mass is 10.3. The number of unbranched alkanes of at least 4 members (excludes halogenated alkanes) is 1. The van der Waals surface area contributed by atoms with Crippen molar-refractivity contribution < 1.29 is 13.2 Å². The first-order chi connectivity index (χ1) is 9.12. The highest BCUT2D eigenvalue weighted by molar-refractivity contribution is 7.89. The lowest BCUT2D eigenvalue weighted by Crippen LogP contribution is -2.33. The second-order valence-corrected chi connectivity index (χ2v) is 6.68. The molecule has 0 radical (unpaired) electrons. The minimum atomic E-state index is -3.13. The van der Waals surface area contributed by atoms with E-state index in [1.807, 2.05) is 6.92 Å². The maximum absolute atomic E-state index is 12.0. The van der Waals surface area contributed by atoms with Crippen molar-refractivity contribution in [2.75, 3.05) is 18.8 Å². The Hall–Kier alpha value is -1.21. The fraction of sp³-hybridized carbons (Fsp3) is 0.667. The molecule has 1 atom stereocenters. The number of aromatic nitrogens is 2. The van der Waals surface area contributed by atoms with Gasteiger partial charge in [0.15, 0.2) is 0 Å². The van der Waals surface area contributed by atoms with Crippen LogP contribution in [0.5, 0.6) is 6.01 Å². The van der Waals surface area contributed by atoms with Crippen LogP contribution in [0.15, 0.2) is 18.5 Å². The normalized spacial score (nSPS) is 20.6. The van der Waals surface area contributed by atoms with E-state index in [0.717, 1.165) is 6.42 Å². The molecule has 0 amide bonds. The van der Waals surface area contributed by atoms with Crippen molar-refractivity contribution in [3.05, 3.63) is 18.5 Å². The average molecular weight is 285 g/mol. The van der Waals surface area contributed by atoms with Crippen LogP contribution in [0.1, 0.15) is 26.2 Å². The molecule has 1 aliphatic rings. The minimum Gasteiger partial charge on any atom is -0.459 e. The van der Waals surface area contributed by atoms with Crippen LogP contribution in [0, 0.1) is 0 Å². The van der Waals surface area contributed by atoms with Crippen molar-refractivity contribution in [3.8, 4) is 6.01 Å². The molecule has 6 nitrogen and oxygen atoms in total. The summed E-state index contributed by atoms with van der Waals surface area (Å²) in [7, 11) is -3.13. The van der Waals surface area contributed by atoms with E-state index < -0.39 is 10.0 Å². The Labute approximate surface area is 113 Å². The second-order valence-electron chi connectivity index (χ2n) is 4.59. The molecule has 1 aromatic rings. The van der Waals surface area contributed by atoms with Crippen LogP contribution in [0.25, 0.3) is 0 Å². The van der Waals surface area contributed by atoms with Crippen LogP contribution >= 0.6 is 0 Å². The fourth-order valence-corrected chi connectivity index (χ4v) is 3.69. The Morgan fingerprint density at radius 3 is 2.84 bits per heavy atom. The van der Waals surface area contributed by atoms with Gasteiger partial charge in [-0.05, 0) is 18.9 Å². The molecule has 1 aromatic heterocycles. The largest absolute Gasteiger partial charge is 0.459 e. The summed E-state index contributed by atoms with van der Waals surface area (Å²) < 4.78 is 31.1. The zero-order chi connectivity index (χ0) is 13.7. The van der Waals surface area contributed by atoms with E-state index >= 15 is 0 Å². The average Bonchev–Trinajstić information content (AvgIpc) is 2.87. The molecule has 0 N–H and O–H groups in total. The SMILES string of the molecule is CCCCS(=O)(=O)N1CC[C@H](Oc2ncccn2)C1. The summed E-state index contributed by atoms with van der Waals surface area (Å²) in [4.78, 5) is 7.96. The maximum Gasteiger partial charge on any atom is 0.316 e. The molecular formula is C12H19N3O3S. The molecule has 1 fully saturated rings. The first-order valence-electron chi connectivity index (χ1n) is 6.53. The molecule has 106 valence electrons. The highest BCUT2D eigenvalue weighted by atomic mass is 32.2. The van der Waals surface area contributed by atoms with Crippen molar-refractivity contribution in [1.82, 2.24) is 14.3 Å². The molecular weight excluding hydrogens is 266 g/mol. The Morgan fingerprint density at radius 1 is 1.42 bits per heavy atom. The highest BCUT2D eigenvalue weighted by Crippen LogP contribution is 2.18. The van der Waals surface area contributed by atoms with Crippen molar-refractivity contribution in [2.45, 2.75) is 32.3 Å².